The molecule has 0 aromatic heterocycles. The van der Waals surface area contributed by atoms with Crippen LogP contribution in [0.4, 0.5) is 9.18 Å². The summed E-state index contributed by atoms with van der Waals surface area (Å²) in [4.78, 5) is 11.7. The highest BCUT2D eigenvalue weighted by Gasteiger charge is 2.21. The van der Waals surface area contributed by atoms with Gasteiger partial charge in [0.25, 0.3) is 0 Å². The summed E-state index contributed by atoms with van der Waals surface area (Å²) in [6.45, 7) is 5.41. The van der Waals surface area contributed by atoms with E-state index in [4.69, 9.17) is 22.1 Å². The molecule has 0 aliphatic heterocycles. The Morgan fingerprint density at radius 3 is 2.63 bits per heavy atom. The molecule has 19 heavy (non-hydrogen) atoms. The monoisotopic (exact) mass is 288 g/mol. The number of ether oxygens (including phenoxy) is 1. The van der Waals surface area contributed by atoms with Crippen LogP contribution in [0.3, 0.4) is 0 Å². The van der Waals surface area contributed by atoms with Crippen LogP contribution in [0.2, 0.25) is 5.02 Å². The summed E-state index contributed by atoms with van der Waals surface area (Å²) in [5, 5.41) is 2.82. The fourth-order valence-electron chi connectivity index (χ4n) is 1.50. The molecule has 0 saturated carbocycles. The maximum absolute atomic E-state index is 13.0. The minimum atomic E-state index is -0.601. The van der Waals surface area contributed by atoms with Crippen molar-refractivity contribution in [3.05, 3.63) is 34.6 Å². The van der Waals surface area contributed by atoms with Crippen LogP contribution >= 0.6 is 11.6 Å². The number of amides is 1. The molecule has 1 atom stereocenters. The van der Waals surface area contributed by atoms with Crippen LogP contribution in [0.25, 0.3) is 0 Å². The number of hydrogen-bond donors (Lipinski definition) is 2. The number of alkyl carbamates (subject to hydrolysis) is 1. The number of halogens is 2. The van der Waals surface area contributed by atoms with Gasteiger partial charge in [-0.05, 0) is 38.5 Å². The topological polar surface area (TPSA) is 64.3 Å². The quantitative estimate of drug-likeness (QED) is 0.898. The van der Waals surface area contributed by atoms with Crippen LogP contribution in [-0.4, -0.2) is 18.2 Å². The standard InChI is InChI=1S/C13H18ClFN2O2/c1-13(2,3)19-12(18)17-11(7-16)9-5-4-8(15)6-10(9)14/h4-6,11H,7,16H2,1-3H3,(H,17,18). The molecule has 3 N–H and O–H groups in total. The predicted octanol–water partition coefficient (Wildman–Crippen LogP) is 3.00. The highest BCUT2D eigenvalue weighted by Crippen LogP contribution is 2.23. The first-order valence-corrected chi connectivity index (χ1v) is 6.25. The molecular formula is C13H18ClFN2O2. The van der Waals surface area contributed by atoms with Gasteiger partial charge in [0.1, 0.15) is 11.4 Å². The molecule has 0 fully saturated rings. The third-order valence-corrected chi connectivity index (χ3v) is 2.59. The smallest absolute Gasteiger partial charge is 0.408 e. The molecule has 0 bridgehead atoms. The molecule has 4 nitrogen and oxygen atoms in total. The van der Waals surface area contributed by atoms with Gasteiger partial charge in [0.15, 0.2) is 0 Å². The Balaban J connectivity index is 2.81. The number of rotatable bonds is 3. The van der Waals surface area contributed by atoms with E-state index >= 15 is 0 Å². The summed E-state index contributed by atoms with van der Waals surface area (Å²) in [6, 6.07) is 3.41. The number of carbonyl (C=O) groups excluding carboxylic acids is 1. The molecule has 1 aromatic carbocycles. The van der Waals surface area contributed by atoms with Gasteiger partial charge in [-0.3, -0.25) is 0 Å². The lowest BCUT2D eigenvalue weighted by Gasteiger charge is -2.23. The first-order valence-electron chi connectivity index (χ1n) is 5.87. The molecular weight excluding hydrogens is 271 g/mol. The average molecular weight is 289 g/mol. The first-order chi connectivity index (χ1) is 8.73. The van der Waals surface area contributed by atoms with Gasteiger partial charge in [-0.2, -0.15) is 0 Å². The van der Waals surface area contributed by atoms with E-state index in [9.17, 15) is 9.18 Å². The minimum absolute atomic E-state index is 0.130. The summed E-state index contributed by atoms with van der Waals surface area (Å²) >= 11 is 5.93. The molecule has 6 heteroatoms. The summed E-state index contributed by atoms with van der Waals surface area (Å²) in [7, 11) is 0. The molecule has 106 valence electrons. The largest absolute Gasteiger partial charge is 0.444 e. The Hall–Kier alpha value is -1.33. The van der Waals surface area contributed by atoms with Gasteiger partial charge in [-0.25, -0.2) is 9.18 Å². The maximum atomic E-state index is 13.0. The van der Waals surface area contributed by atoms with Crippen molar-refractivity contribution < 1.29 is 13.9 Å². The average Bonchev–Trinajstić information content (AvgIpc) is 2.24. The summed E-state index contributed by atoms with van der Waals surface area (Å²) in [5.41, 5.74) is 5.55. The van der Waals surface area contributed by atoms with Crippen molar-refractivity contribution in [1.82, 2.24) is 5.32 Å². The van der Waals surface area contributed by atoms with E-state index in [1.54, 1.807) is 20.8 Å². The van der Waals surface area contributed by atoms with E-state index < -0.39 is 23.6 Å². The van der Waals surface area contributed by atoms with Crippen molar-refractivity contribution in [3.8, 4) is 0 Å². The second-order valence-corrected chi connectivity index (χ2v) is 5.51. The molecule has 1 aromatic rings. The Kier molecular flexibility index (Phi) is 5.14. The van der Waals surface area contributed by atoms with Crippen molar-refractivity contribution >= 4 is 17.7 Å². The third kappa shape index (κ3) is 5.04. The molecule has 1 unspecified atom stereocenters. The van der Waals surface area contributed by atoms with Gasteiger partial charge < -0.3 is 15.8 Å². The second-order valence-electron chi connectivity index (χ2n) is 5.10. The number of benzene rings is 1. The van der Waals surface area contributed by atoms with Crippen LogP contribution in [0.15, 0.2) is 18.2 Å². The number of carbonyl (C=O) groups is 1. The van der Waals surface area contributed by atoms with E-state index in [0.717, 1.165) is 0 Å². The van der Waals surface area contributed by atoms with Crippen molar-refractivity contribution in [3.63, 3.8) is 0 Å². The Labute approximate surface area is 117 Å². The molecule has 1 amide bonds. The molecule has 0 spiro atoms. The Morgan fingerprint density at radius 2 is 2.16 bits per heavy atom. The molecule has 0 radical (unpaired) electrons. The van der Waals surface area contributed by atoms with E-state index in [1.807, 2.05) is 0 Å². The van der Waals surface area contributed by atoms with E-state index in [1.165, 1.54) is 18.2 Å². The molecule has 0 aliphatic carbocycles. The SMILES string of the molecule is CC(C)(C)OC(=O)NC(CN)c1ccc(F)cc1Cl. The van der Waals surface area contributed by atoms with Crippen LogP contribution in [-0.2, 0) is 4.74 Å². The first kappa shape index (κ1) is 15.7. The lowest BCUT2D eigenvalue weighted by atomic mass is 10.1. The molecule has 1 rings (SSSR count). The Bertz CT molecular complexity index is 460. The Morgan fingerprint density at radius 1 is 1.53 bits per heavy atom. The fraction of sp³-hybridized carbons (Fsp3) is 0.462. The van der Waals surface area contributed by atoms with Gasteiger partial charge in [0, 0.05) is 11.6 Å². The lowest BCUT2D eigenvalue weighted by molar-refractivity contribution is 0.0505. The van der Waals surface area contributed by atoms with Crippen molar-refractivity contribution in [2.24, 2.45) is 5.73 Å². The summed E-state index contributed by atoms with van der Waals surface area (Å²) in [6.07, 6.45) is -0.594. The van der Waals surface area contributed by atoms with Gasteiger partial charge >= 0.3 is 6.09 Å². The number of nitrogens with two attached hydrogens (primary N) is 1. The third-order valence-electron chi connectivity index (χ3n) is 2.26. The zero-order valence-electron chi connectivity index (χ0n) is 11.2. The van der Waals surface area contributed by atoms with Crippen molar-refractivity contribution in [2.45, 2.75) is 32.4 Å². The van der Waals surface area contributed by atoms with Crippen LogP contribution in [0, 0.1) is 5.82 Å². The van der Waals surface area contributed by atoms with Crippen molar-refractivity contribution in [2.75, 3.05) is 6.54 Å². The zero-order chi connectivity index (χ0) is 14.6. The fourth-order valence-corrected chi connectivity index (χ4v) is 1.80. The van der Waals surface area contributed by atoms with Crippen molar-refractivity contribution in [1.29, 1.82) is 0 Å². The van der Waals surface area contributed by atoms with E-state index in [0.29, 0.717) is 5.56 Å². The zero-order valence-corrected chi connectivity index (χ0v) is 11.9. The van der Waals surface area contributed by atoms with E-state index in [2.05, 4.69) is 5.32 Å². The van der Waals surface area contributed by atoms with Crippen LogP contribution in [0.1, 0.15) is 32.4 Å². The minimum Gasteiger partial charge on any atom is -0.444 e. The van der Waals surface area contributed by atoms with E-state index in [-0.39, 0.29) is 11.6 Å². The van der Waals surface area contributed by atoms with Gasteiger partial charge in [-0.15, -0.1) is 0 Å². The molecule has 0 saturated heterocycles. The van der Waals surface area contributed by atoms with Gasteiger partial charge in [-0.1, -0.05) is 17.7 Å². The summed E-state index contributed by atoms with van der Waals surface area (Å²) < 4.78 is 18.1. The van der Waals surface area contributed by atoms with Gasteiger partial charge in [0.05, 0.1) is 6.04 Å². The second kappa shape index (κ2) is 6.21. The van der Waals surface area contributed by atoms with Crippen LogP contribution < -0.4 is 11.1 Å². The highest BCUT2D eigenvalue weighted by atomic mass is 35.5. The highest BCUT2D eigenvalue weighted by molar-refractivity contribution is 6.31. The summed E-state index contributed by atoms with van der Waals surface area (Å²) in [5.74, 6) is -0.443. The number of nitrogens with one attached hydrogen (secondary N) is 1. The van der Waals surface area contributed by atoms with Crippen LogP contribution in [0.5, 0.6) is 0 Å². The lowest BCUT2D eigenvalue weighted by Crippen LogP contribution is -2.37. The normalized spacial score (nSPS) is 12.9. The van der Waals surface area contributed by atoms with Gasteiger partial charge in [0.2, 0.25) is 0 Å². The predicted molar refractivity (Wildman–Crippen MR) is 72.6 cm³/mol. The molecule has 0 aliphatic rings. The maximum Gasteiger partial charge on any atom is 0.408 e. The number of hydrogen-bond acceptors (Lipinski definition) is 3. The molecule has 0 heterocycles.